The number of pyridine rings is 2. The smallest absolute Gasteiger partial charge is 0.161 e. The van der Waals surface area contributed by atoms with E-state index in [9.17, 15) is 0 Å². The number of nitrogens with zero attached hydrogens (tertiary/aromatic N) is 2. The highest BCUT2D eigenvalue weighted by atomic mass is 14.9. The van der Waals surface area contributed by atoms with E-state index in [0.717, 1.165) is 11.1 Å². The van der Waals surface area contributed by atoms with E-state index in [1.54, 1.807) is 0 Å². The lowest BCUT2D eigenvalue weighted by Gasteiger charge is -2.03. The minimum Gasteiger partial charge on any atom is -0.396 e. The molecule has 0 bridgehead atoms. The summed E-state index contributed by atoms with van der Waals surface area (Å²) in [5.74, 6) is 0. The van der Waals surface area contributed by atoms with Crippen molar-refractivity contribution in [3.05, 3.63) is 24.0 Å². The molecule has 0 aromatic carbocycles. The molecule has 4 heteroatoms. The van der Waals surface area contributed by atoms with E-state index in [1.807, 2.05) is 19.1 Å². The van der Waals surface area contributed by atoms with Gasteiger partial charge in [0.1, 0.15) is 0 Å². The second kappa shape index (κ2) is 2.58. The molecule has 0 radical (unpaired) electrons. The summed E-state index contributed by atoms with van der Waals surface area (Å²) >= 11 is 0. The number of hydrogen-bond donors (Lipinski definition) is 2. The third-order valence-electron chi connectivity index (χ3n) is 1.94. The largest absolute Gasteiger partial charge is 0.396 e. The Morgan fingerprint density at radius 2 is 2.00 bits per heavy atom. The van der Waals surface area contributed by atoms with Crippen molar-refractivity contribution in [2.45, 2.75) is 6.92 Å². The SMILES string of the molecule is Cc1ccc2c(N)c(N)cnc2n1. The van der Waals surface area contributed by atoms with Crippen LogP contribution in [0.1, 0.15) is 5.69 Å². The Morgan fingerprint density at radius 1 is 1.23 bits per heavy atom. The minimum absolute atomic E-state index is 0.498. The normalized spacial score (nSPS) is 10.5. The summed E-state index contributed by atoms with van der Waals surface area (Å²) in [5, 5.41) is 0.811. The van der Waals surface area contributed by atoms with Crippen LogP contribution in [0.25, 0.3) is 11.0 Å². The van der Waals surface area contributed by atoms with Crippen molar-refractivity contribution in [2.75, 3.05) is 11.5 Å². The molecule has 4 nitrogen and oxygen atoms in total. The van der Waals surface area contributed by atoms with Gasteiger partial charge in [0.25, 0.3) is 0 Å². The molecule has 0 spiro atoms. The molecule has 0 saturated heterocycles. The molecule has 0 saturated carbocycles. The van der Waals surface area contributed by atoms with E-state index in [2.05, 4.69) is 9.97 Å². The van der Waals surface area contributed by atoms with E-state index in [-0.39, 0.29) is 0 Å². The second-order valence-electron chi connectivity index (χ2n) is 2.95. The zero-order valence-electron chi connectivity index (χ0n) is 7.28. The molecule has 0 atom stereocenters. The van der Waals surface area contributed by atoms with Crippen molar-refractivity contribution < 1.29 is 0 Å². The predicted octanol–water partition coefficient (Wildman–Crippen LogP) is 1.10. The van der Waals surface area contributed by atoms with Crippen molar-refractivity contribution in [2.24, 2.45) is 0 Å². The Bertz CT molecular complexity index is 464. The Hall–Kier alpha value is -1.84. The van der Waals surface area contributed by atoms with Crippen LogP contribution < -0.4 is 11.5 Å². The Kier molecular flexibility index (Phi) is 1.55. The first-order valence-corrected chi connectivity index (χ1v) is 3.96. The lowest BCUT2D eigenvalue weighted by Crippen LogP contribution is -1.98. The molecule has 0 amide bonds. The molecule has 66 valence electrons. The van der Waals surface area contributed by atoms with Gasteiger partial charge in [-0.05, 0) is 19.1 Å². The van der Waals surface area contributed by atoms with Gasteiger partial charge in [0.05, 0.1) is 17.6 Å². The molecule has 4 N–H and O–H groups in total. The predicted molar refractivity (Wildman–Crippen MR) is 53.1 cm³/mol. The standard InChI is InChI=1S/C9H10N4/c1-5-2-3-6-8(11)7(10)4-12-9(6)13-5/h2-4H,10H2,1H3,(H2,11,12,13). The lowest BCUT2D eigenvalue weighted by molar-refractivity contribution is 1.20. The van der Waals surface area contributed by atoms with Crippen molar-refractivity contribution in [1.82, 2.24) is 9.97 Å². The zero-order valence-corrected chi connectivity index (χ0v) is 7.28. The van der Waals surface area contributed by atoms with Crippen LogP contribution in [0.3, 0.4) is 0 Å². The minimum atomic E-state index is 0.498. The first-order valence-electron chi connectivity index (χ1n) is 3.96. The van der Waals surface area contributed by atoms with Crippen LogP contribution >= 0.6 is 0 Å². The zero-order chi connectivity index (χ0) is 9.42. The van der Waals surface area contributed by atoms with Crippen LogP contribution in [-0.4, -0.2) is 9.97 Å². The van der Waals surface area contributed by atoms with Crippen molar-refractivity contribution in [3.63, 3.8) is 0 Å². The Balaban J connectivity index is 2.87. The number of hydrogen-bond acceptors (Lipinski definition) is 4. The second-order valence-corrected chi connectivity index (χ2v) is 2.95. The summed E-state index contributed by atoms with van der Waals surface area (Å²) in [6, 6.07) is 3.77. The summed E-state index contributed by atoms with van der Waals surface area (Å²) in [7, 11) is 0. The fourth-order valence-electron chi connectivity index (χ4n) is 1.21. The third kappa shape index (κ3) is 1.16. The van der Waals surface area contributed by atoms with Crippen LogP contribution in [0.4, 0.5) is 11.4 Å². The Labute approximate surface area is 75.6 Å². The monoisotopic (exact) mass is 174 g/mol. The fraction of sp³-hybridized carbons (Fsp3) is 0.111. The topological polar surface area (TPSA) is 77.8 Å². The van der Waals surface area contributed by atoms with Gasteiger partial charge in [-0.3, -0.25) is 0 Å². The van der Waals surface area contributed by atoms with Crippen LogP contribution in [0.15, 0.2) is 18.3 Å². The number of rotatable bonds is 0. The maximum Gasteiger partial charge on any atom is 0.161 e. The molecule has 0 aliphatic rings. The summed E-state index contributed by atoms with van der Waals surface area (Å²) in [4.78, 5) is 8.32. The van der Waals surface area contributed by atoms with Crippen LogP contribution in [-0.2, 0) is 0 Å². The maximum absolute atomic E-state index is 5.76. The van der Waals surface area contributed by atoms with Gasteiger partial charge in [0.2, 0.25) is 0 Å². The van der Waals surface area contributed by atoms with Gasteiger partial charge in [0.15, 0.2) is 5.65 Å². The molecule has 13 heavy (non-hydrogen) atoms. The first-order chi connectivity index (χ1) is 6.18. The highest BCUT2D eigenvalue weighted by Crippen LogP contribution is 2.22. The van der Waals surface area contributed by atoms with E-state index < -0.39 is 0 Å². The van der Waals surface area contributed by atoms with Gasteiger partial charge in [-0.25, -0.2) is 9.97 Å². The van der Waals surface area contributed by atoms with Crippen LogP contribution in [0.5, 0.6) is 0 Å². The van der Waals surface area contributed by atoms with Gasteiger partial charge < -0.3 is 11.5 Å². The fourth-order valence-corrected chi connectivity index (χ4v) is 1.21. The van der Waals surface area contributed by atoms with Gasteiger partial charge in [-0.2, -0.15) is 0 Å². The summed E-state index contributed by atoms with van der Waals surface area (Å²) in [5.41, 5.74) is 14.0. The van der Waals surface area contributed by atoms with Crippen molar-refractivity contribution >= 4 is 22.4 Å². The molecule has 2 aromatic heterocycles. The van der Waals surface area contributed by atoms with E-state index in [1.165, 1.54) is 6.20 Å². The van der Waals surface area contributed by atoms with Crippen LogP contribution in [0.2, 0.25) is 0 Å². The van der Waals surface area contributed by atoms with Gasteiger partial charge >= 0.3 is 0 Å². The molecule has 0 fully saturated rings. The first kappa shape index (κ1) is 7.79. The average Bonchev–Trinajstić information content (AvgIpc) is 2.12. The van der Waals surface area contributed by atoms with Crippen molar-refractivity contribution in [3.8, 4) is 0 Å². The molecule has 2 aromatic rings. The van der Waals surface area contributed by atoms with E-state index in [0.29, 0.717) is 17.0 Å². The van der Waals surface area contributed by atoms with Gasteiger partial charge in [-0.15, -0.1) is 0 Å². The van der Waals surface area contributed by atoms with Gasteiger partial charge in [0, 0.05) is 11.1 Å². The number of fused-ring (bicyclic) bond motifs is 1. The maximum atomic E-state index is 5.76. The third-order valence-corrected chi connectivity index (χ3v) is 1.94. The molecule has 0 aliphatic heterocycles. The highest BCUT2D eigenvalue weighted by molar-refractivity contribution is 5.93. The van der Waals surface area contributed by atoms with E-state index >= 15 is 0 Å². The van der Waals surface area contributed by atoms with Crippen LogP contribution in [0, 0.1) is 6.92 Å². The lowest BCUT2D eigenvalue weighted by atomic mass is 10.2. The summed E-state index contributed by atoms with van der Waals surface area (Å²) in [6.07, 6.45) is 1.53. The average molecular weight is 174 g/mol. The number of anilines is 2. The molecule has 2 rings (SSSR count). The molecule has 0 unspecified atom stereocenters. The molecule has 0 aliphatic carbocycles. The van der Waals surface area contributed by atoms with Crippen molar-refractivity contribution in [1.29, 1.82) is 0 Å². The summed E-state index contributed by atoms with van der Waals surface area (Å²) < 4.78 is 0. The number of nitrogens with two attached hydrogens (primary N) is 2. The molecular formula is C9H10N4. The number of nitrogen functional groups attached to an aromatic ring is 2. The number of aromatic nitrogens is 2. The molecular weight excluding hydrogens is 164 g/mol. The highest BCUT2D eigenvalue weighted by Gasteiger charge is 2.03. The Morgan fingerprint density at radius 3 is 2.77 bits per heavy atom. The quantitative estimate of drug-likeness (QED) is 0.627. The number of aryl methyl sites for hydroxylation is 1. The van der Waals surface area contributed by atoms with Gasteiger partial charge in [-0.1, -0.05) is 0 Å². The molecule has 2 heterocycles. The summed E-state index contributed by atoms with van der Waals surface area (Å²) in [6.45, 7) is 1.91. The van der Waals surface area contributed by atoms with E-state index in [4.69, 9.17) is 11.5 Å².